The third-order valence-electron chi connectivity index (χ3n) is 4.63. The molecule has 2 fully saturated rings. The third kappa shape index (κ3) is 3.96. The van der Waals surface area contributed by atoms with Gasteiger partial charge in [-0.25, -0.2) is 13.1 Å². The molecule has 138 valence electrons. The molecule has 0 radical (unpaired) electrons. The fourth-order valence-electron chi connectivity index (χ4n) is 3.25. The lowest BCUT2D eigenvalue weighted by molar-refractivity contribution is -0.137. The zero-order valence-corrected chi connectivity index (χ0v) is 14.0. The van der Waals surface area contributed by atoms with Crippen LogP contribution in [0.15, 0.2) is 29.2 Å². The van der Waals surface area contributed by atoms with E-state index in [-0.39, 0.29) is 5.91 Å². The second-order valence-electron chi connectivity index (χ2n) is 6.33. The van der Waals surface area contributed by atoms with Crippen LogP contribution < -0.4 is 10.0 Å². The van der Waals surface area contributed by atoms with Gasteiger partial charge in [-0.15, -0.1) is 0 Å². The summed E-state index contributed by atoms with van der Waals surface area (Å²) >= 11 is 0. The monoisotopic (exact) mass is 377 g/mol. The van der Waals surface area contributed by atoms with Crippen LogP contribution in [0.2, 0.25) is 0 Å². The first kappa shape index (κ1) is 18.2. The van der Waals surface area contributed by atoms with Crippen LogP contribution >= 0.6 is 0 Å². The van der Waals surface area contributed by atoms with Crippen LogP contribution in [-0.4, -0.2) is 51.9 Å². The zero-order chi connectivity index (χ0) is 18.2. The average molecular weight is 377 g/mol. The summed E-state index contributed by atoms with van der Waals surface area (Å²) in [6.45, 7) is 2.35. The van der Waals surface area contributed by atoms with Gasteiger partial charge in [0.1, 0.15) is 0 Å². The number of carbonyl (C=O) groups is 1. The van der Waals surface area contributed by atoms with Crippen molar-refractivity contribution in [2.45, 2.75) is 11.1 Å². The molecule has 2 heterocycles. The number of rotatable bonds is 4. The second-order valence-corrected chi connectivity index (χ2v) is 8.09. The topological polar surface area (TPSA) is 78.5 Å². The summed E-state index contributed by atoms with van der Waals surface area (Å²) in [5.41, 5.74) is -1.05. The highest BCUT2D eigenvalue weighted by atomic mass is 32.2. The Kier molecular flexibility index (Phi) is 4.78. The molecule has 2 aliphatic rings. The molecule has 0 bridgehead atoms. The molecule has 2 saturated heterocycles. The van der Waals surface area contributed by atoms with Crippen molar-refractivity contribution in [1.29, 1.82) is 0 Å². The minimum Gasteiger partial charge on any atom is -0.341 e. The number of sulfonamides is 1. The summed E-state index contributed by atoms with van der Waals surface area (Å²) in [6, 6.07) is 3.43. The van der Waals surface area contributed by atoms with Gasteiger partial charge >= 0.3 is 6.18 Å². The van der Waals surface area contributed by atoms with Crippen molar-refractivity contribution in [2.24, 2.45) is 11.8 Å². The van der Waals surface area contributed by atoms with Crippen LogP contribution in [0.1, 0.15) is 5.56 Å². The summed E-state index contributed by atoms with van der Waals surface area (Å²) in [6.07, 6.45) is -4.64. The third-order valence-corrected chi connectivity index (χ3v) is 6.03. The van der Waals surface area contributed by atoms with E-state index in [0.717, 1.165) is 31.3 Å². The van der Waals surface area contributed by atoms with Crippen molar-refractivity contribution >= 4 is 15.9 Å². The number of hydrogen-bond donors (Lipinski definition) is 2. The molecule has 1 aromatic carbocycles. The van der Waals surface area contributed by atoms with Crippen molar-refractivity contribution in [2.75, 3.05) is 32.7 Å². The lowest BCUT2D eigenvalue weighted by atomic mass is 10.0. The molecule has 1 aromatic rings. The van der Waals surface area contributed by atoms with Gasteiger partial charge in [0, 0.05) is 26.2 Å². The van der Waals surface area contributed by atoms with E-state index in [1.165, 1.54) is 0 Å². The van der Waals surface area contributed by atoms with Gasteiger partial charge in [-0.1, -0.05) is 6.07 Å². The van der Waals surface area contributed by atoms with Gasteiger partial charge in [0.2, 0.25) is 15.9 Å². The van der Waals surface area contributed by atoms with E-state index in [1.807, 2.05) is 0 Å². The second kappa shape index (κ2) is 6.58. The number of fused-ring (bicyclic) bond motifs is 1. The minimum atomic E-state index is -4.64. The highest BCUT2D eigenvalue weighted by Gasteiger charge is 2.38. The SMILES string of the molecule is O=C(CNS(=O)(=O)c1cccc(C(F)(F)F)c1)N1C[C@H]2CNC[C@H]2C1. The van der Waals surface area contributed by atoms with Gasteiger partial charge in [0.25, 0.3) is 0 Å². The Bertz CT molecular complexity index is 755. The fraction of sp³-hybridized carbons (Fsp3) is 0.533. The molecule has 3 rings (SSSR count). The van der Waals surface area contributed by atoms with Crippen LogP contribution in [0, 0.1) is 11.8 Å². The molecule has 2 N–H and O–H groups in total. The number of hydrogen-bond acceptors (Lipinski definition) is 4. The smallest absolute Gasteiger partial charge is 0.341 e. The number of amides is 1. The molecule has 0 spiro atoms. The number of nitrogens with one attached hydrogen (secondary N) is 2. The normalized spacial score (nSPS) is 23.7. The van der Waals surface area contributed by atoms with Gasteiger partial charge < -0.3 is 10.2 Å². The highest BCUT2D eigenvalue weighted by Crippen LogP contribution is 2.30. The number of nitrogens with zero attached hydrogens (tertiary/aromatic N) is 1. The first-order valence-corrected chi connectivity index (χ1v) is 9.30. The molecule has 6 nitrogen and oxygen atoms in total. The molecular weight excluding hydrogens is 359 g/mol. The van der Waals surface area contributed by atoms with Crippen molar-refractivity contribution in [3.8, 4) is 0 Å². The number of halogens is 3. The van der Waals surface area contributed by atoms with Crippen LogP contribution in [0.3, 0.4) is 0 Å². The fourth-order valence-corrected chi connectivity index (χ4v) is 4.27. The van der Waals surface area contributed by atoms with Crippen LogP contribution in [0.25, 0.3) is 0 Å². The molecule has 2 aliphatic heterocycles. The maximum atomic E-state index is 12.7. The van der Waals surface area contributed by atoms with E-state index in [1.54, 1.807) is 4.90 Å². The Labute approximate surface area is 143 Å². The molecular formula is C15H18F3N3O3S. The number of likely N-dealkylation sites (tertiary alicyclic amines) is 1. The Morgan fingerprint density at radius 3 is 2.48 bits per heavy atom. The van der Waals surface area contributed by atoms with Crippen molar-refractivity contribution in [3.05, 3.63) is 29.8 Å². The lowest BCUT2D eigenvalue weighted by Gasteiger charge is -2.18. The zero-order valence-electron chi connectivity index (χ0n) is 13.2. The maximum absolute atomic E-state index is 12.7. The molecule has 0 unspecified atom stereocenters. The van der Waals surface area contributed by atoms with E-state index in [4.69, 9.17) is 0 Å². The lowest BCUT2D eigenvalue weighted by Crippen LogP contribution is -2.40. The molecule has 0 saturated carbocycles. The number of alkyl halides is 3. The molecule has 10 heteroatoms. The molecule has 2 atom stereocenters. The Hall–Kier alpha value is -1.65. The van der Waals surface area contributed by atoms with Gasteiger partial charge in [0.15, 0.2) is 0 Å². The standard InChI is InChI=1S/C15H18F3N3O3S/c16-15(17,18)12-2-1-3-13(4-12)25(23,24)20-7-14(22)21-8-10-5-19-6-11(10)9-21/h1-4,10-11,19-20H,5-9H2/t10-,11+. The quantitative estimate of drug-likeness (QED) is 0.808. The van der Waals surface area contributed by atoms with Crippen molar-refractivity contribution < 1.29 is 26.4 Å². The van der Waals surface area contributed by atoms with Crippen molar-refractivity contribution in [3.63, 3.8) is 0 Å². The summed E-state index contributed by atoms with van der Waals surface area (Å²) in [5, 5.41) is 3.24. The van der Waals surface area contributed by atoms with Crippen LogP contribution in [0.4, 0.5) is 13.2 Å². The average Bonchev–Trinajstić information content (AvgIpc) is 3.13. The summed E-state index contributed by atoms with van der Waals surface area (Å²) < 4.78 is 64.5. The molecule has 0 aromatic heterocycles. The van der Waals surface area contributed by atoms with Crippen LogP contribution in [-0.2, 0) is 21.0 Å². The van der Waals surface area contributed by atoms with Gasteiger partial charge in [0.05, 0.1) is 17.0 Å². The molecule has 1 amide bonds. The largest absolute Gasteiger partial charge is 0.416 e. The first-order valence-electron chi connectivity index (χ1n) is 7.82. The predicted molar refractivity (Wildman–Crippen MR) is 83.1 cm³/mol. The summed E-state index contributed by atoms with van der Waals surface area (Å²) in [4.78, 5) is 13.3. The first-order chi connectivity index (χ1) is 11.7. The Balaban J connectivity index is 1.63. The highest BCUT2D eigenvalue weighted by molar-refractivity contribution is 7.89. The van der Waals surface area contributed by atoms with Crippen molar-refractivity contribution in [1.82, 2.24) is 14.9 Å². The van der Waals surface area contributed by atoms with E-state index < -0.39 is 33.2 Å². The van der Waals surface area contributed by atoms with E-state index in [0.29, 0.717) is 31.0 Å². The van der Waals surface area contributed by atoms with Gasteiger partial charge in [-0.05, 0) is 30.0 Å². The Morgan fingerprint density at radius 1 is 1.24 bits per heavy atom. The minimum absolute atomic E-state index is 0.370. The Morgan fingerprint density at radius 2 is 1.88 bits per heavy atom. The maximum Gasteiger partial charge on any atom is 0.416 e. The van der Waals surface area contributed by atoms with E-state index in [2.05, 4.69) is 10.0 Å². The van der Waals surface area contributed by atoms with Gasteiger partial charge in [-0.2, -0.15) is 13.2 Å². The predicted octanol–water partition coefficient (Wildman–Crippen LogP) is 0.661. The van der Waals surface area contributed by atoms with Crippen LogP contribution in [0.5, 0.6) is 0 Å². The number of carbonyl (C=O) groups excluding carboxylic acids is 1. The molecule has 25 heavy (non-hydrogen) atoms. The summed E-state index contributed by atoms with van der Waals surface area (Å²) in [5.74, 6) is 0.387. The van der Waals surface area contributed by atoms with Gasteiger partial charge in [-0.3, -0.25) is 4.79 Å². The number of benzene rings is 1. The molecule has 0 aliphatic carbocycles. The summed E-state index contributed by atoms with van der Waals surface area (Å²) in [7, 11) is -4.20. The van der Waals surface area contributed by atoms with E-state index >= 15 is 0 Å². The van der Waals surface area contributed by atoms with E-state index in [9.17, 15) is 26.4 Å².